The van der Waals surface area contributed by atoms with Gasteiger partial charge in [0.05, 0.1) is 5.60 Å². The van der Waals surface area contributed by atoms with Crippen LogP contribution in [0, 0.1) is 23.2 Å². The summed E-state index contributed by atoms with van der Waals surface area (Å²) < 4.78 is 0. The van der Waals surface area contributed by atoms with E-state index in [9.17, 15) is 9.90 Å². The first-order valence-electron chi connectivity index (χ1n) is 9.34. The zero-order valence-electron chi connectivity index (χ0n) is 14.3. The maximum absolute atomic E-state index is 11.4. The minimum absolute atomic E-state index is 0.0254. The van der Waals surface area contributed by atoms with Gasteiger partial charge in [0.25, 0.3) is 0 Å². The van der Waals surface area contributed by atoms with Crippen LogP contribution in [-0.4, -0.2) is 17.0 Å². The summed E-state index contributed by atoms with van der Waals surface area (Å²) in [6.45, 7) is 4.16. The second-order valence-corrected chi connectivity index (χ2v) is 8.52. The number of allylic oxidation sites excluding steroid dienone is 2. The van der Waals surface area contributed by atoms with Gasteiger partial charge in [-0.05, 0) is 62.4 Å². The number of carbonyl (C=O) groups is 1. The van der Waals surface area contributed by atoms with E-state index in [1.165, 1.54) is 38.5 Å². The Morgan fingerprint density at radius 3 is 2.45 bits per heavy atom. The average Bonchev–Trinajstić information content (AvgIpc) is 2.79. The third kappa shape index (κ3) is 2.68. The second-order valence-electron chi connectivity index (χ2n) is 8.52. The van der Waals surface area contributed by atoms with Gasteiger partial charge in [-0.3, -0.25) is 4.79 Å². The molecule has 0 aromatic rings. The SMILES string of the molecule is C/C(C=O)=C\[C@H]1CC[C@]2(O)C[C@@H](C3CCCCC3)CC[C@]12C. The first kappa shape index (κ1) is 16.2. The number of carbonyl (C=O) groups excluding carboxylic acids is 1. The van der Waals surface area contributed by atoms with E-state index >= 15 is 0 Å². The Kier molecular flexibility index (Phi) is 4.51. The average molecular weight is 304 g/mol. The lowest BCUT2D eigenvalue weighted by atomic mass is 9.57. The number of aliphatic hydroxyl groups is 1. The normalized spacial score (nSPS) is 43.9. The molecule has 0 bridgehead atoms. The molecule has 3 rings (SSSR count). The van der Waals surface area contributed by atoms with Crippen LogP contribution in [0.5, 0.6) is 0 Å². The molecule has 0 amide bonds. The third-order valence-electron chi connectivity index (χ3n) is 7.35. The van der Waals surface area contributed by atoms with Crippen molar-refractivity contribution in [3.63, 3.8) is 0 Å². The molecule has 0 aliphatic heterocycles. The molecule has 124 valence electrons. The molecule has 0 saturated heterocycles. The maximum atomic E-state index is 11.4. The smallest absolute Gasteiger partial charge is 0.145 e. The molecule has 3 saturated carbocycles. The Morgan fingerprint density at radius 2 is 1.77 bits per heavy atom. The topological polar surface area (TPSA) is 37.3 Å². The standard InChI is InChI=1S/C20H32O2/c1-15(14-21)12-18-9-11-20(22)13-17(8-10-19(18,20)2)16-6-4-3-5-7-16/h12,14,16-18,22H,3-11,13H2,1-2H3/b15-12+/t17-,18+,19+,20-/m0/s1. The highest BCUT2D eigenvalue weighted by Crippen LogP contribution is 2.61. The van der Waals surface area contributed by atoms with Gasteiger partial charge in [-0.25, -0.2) is 0 Å². The Labute approximate surface area is 135 Å². The number of fused-ring (bicyclic) bond motifs is 1. The Bertz CT molecular complexity index is 449. The first-order valence-corrected chi connectivity index (χ1v) is 9.34. The number of hydrogen-bond donors (Lipinski definition) is 1. The fourth-order valence-corrected chi connectivity index (χ4v) is 5.75. The van der Waals surface area contributed by atoms with Crippen LogP contribution in [0.15, 0.2) is 11.6 Å². The molecule has 0 radical (unpaired) electrons. The van der Waals surface area contributed by atoms with Crippen LogP contribution in [0.2, 0.25) is 0 Å². The molecule has 0 spiro atoms. The fraction of sp³-hybridized carbons (Fsp3) is 0.850. The summed E-state index contributed by atoms with van der Waals surface area (Å²) >= 11 is 0. The summed E-state index contributed by atoms with van der Waals surface area (Å²) in [7, 11) is 0. The van der Waals surface area contributed by atoms with Crippen molar-refractivity contribution in [2.75, 3.05) is 0 Å². The van der Waals surface area contributed by atoms with Gasteiger partial charge in [-0.1, -0.05) is 45.1 Å². The lowest BCUT2D eigenvalue weighted by Gasteiger charge is -2.51. The van der Waals surface area contributed by atoms with E-state index in [-0.39, 0.29) is 5.41 Å². The van der Waals surface area contributed by atoms with E-state index < -0.39 is 5.60 Å². The molecule has 22 heavy (non-hydrogen) atoms. The lowest BCUT2D eigenvalue weighted by molar-refractivity contribution is -0.118. The monoisotopic (exact) mass is 304 g/mol. The highest BCUT2D eigenvalue weighted by molar-refractivity contribution is 5.72. The highest BCUT2D eigenvalue weighted by Gasteiger charge is 2.58. The summed E-state index contributed by atoms with van der Waals surface area (Å²) in [5.41, 5.74) is 0.296. The van der Waals surface area contributed by atoms with Gasteiger partial charge in [0, 0.05) is 5.41 Å². The van der Waals surface area contributed by atoms with Crippen LogP contribution in [0.4, 0.5) is 0 Å². The molecule has 3 aliphatic carbocycles. The van der Waals surface area contributed by atoms with E-state index in [0.29, 0.717) is 5.92 Å². The zero-order valence-corrected chi connectivity index (χ0v) is 14.3. The predicted molar refractivity (Wildman–Crippen MR) is 89.5 cm³/mol. The molecule has 0 heterocycles. The zero-order chi connectivity index (χ0) is 15.8. The Hall–Kier alpha value is -0.630. The van der Waals surface area contributed by atoms with Crippen molar-refractivity contribution in [3.8, 4) is 0 Å². The van der Waals surface area contributed by atoms with Crippen molar-refractivity contribution in [1.82, 2.24) is 0 Å². The van der Waals surface area contributed by atoms with Crippen molar-refractivity contribution in [3.05, 3.63) is 11.6 Å². The first-order chi connectivity index (χ1) is 10.5. The van der Waals surface area contributed by atoms with Crippen molar-refractivity contribution in [2.24, 2.45) is 23.2 Å². The molecule has 4 atom stereocenters. The van der Waals surface area contributed by atoms with Crippen LogP contribution < -0.4 is 0 Å². The summed E-state index contributed by atoms with van der Waals surface area (Å²) in [5, 5.41) is 11.4. The number of aldehydes is 1. The quantitative estimate of drug-likeness (QED) is 0.608. The van der Waals surface area contributed by atoms with Gasteiger partial charge in [0.1, 0.15) is 6.29 Å². The molecule has 2 heteroatoms. The summed E-state index contributed by atoms with van der Waals surface area (Å²) in [4.78, 5) is 11.0. The van der Waals surface area contributed by atoms with Gasteiger partial charge < -0.3 is 5.11 Å². The highest BCUT2D eigenvalue weighted by atomic mass is 16.3. The molecular weight excluding hydrogens is 272 g/mol. The summed E-state index contributed by atoms with van der Waals surface area (Å²) in [6.07, 6.45) is 15.4. The largest absolute Gasteiger partial charge is 0.389 e. The fourth-order valence-electron chi connectivity index (χ4n) is 5.75. The van der Waals surface area contributed by atoms with Crippen LogP contribution in [0.1, 0.15) is 78.1 Å². The molecule has 3 aliphatic rings. The van der Waals surface area contributed by atoms with Crippen LogP contribution in [0.25, 0.3) is 0 Å². The molecule has 3 fully saturated rings. The van der Waals surface area contributed by atoms with Crippen LogP contribution in [-0.2, 0) is 4.79 Å². The van der Waals surface area contributed by atoms with Crippen molar-refractivity contribution in [2.45, 2.75) is 83.7 Å². The predicted octanol–water partition coefficient (Wildman–Crippen LogP) is 4.66. The van der Waals surface area contributed by atoms with Gasteiger partial charge in [0.15, 0.2) is 0 Å². The molecule has 0 aromatic heterocycles. The van der Waals surface area contributed by atoms with Crippen LogP contribution in [0.3, 0.4) is 0 Å². The van der Waals surface area contributed by atoms with Gasteiger partial charge >= 0.3 is 0 Å². The van der Waals surface area contributed by atoms with E-state index in [4.69, 9.17) is 0 Å². The summed E-state index contributed by atoms with van der Waals surface area (Å²) in [5.74, 6) is 1.96. The van der Waals surface area contributed by atoms with E-state index in [1.54, 1.807) is 0 Å². The number of rotatable bonds is 3. The van der Waals surface area contributed by atoms with E-state index in [0.717, 1.165) is 49.4 Å². The maximum Gasteiger partial charge on any atom is 0.145 e. The van der Waals surface area contributed by atoms with Gasteiger partial charge in [-0.15, -0.1) is 0 Å². The minimum atomic E-state index is -0.502. The third-order valence-corrected chi connectivity index (χ3v) is 7.35. The molecule has 2 nitrogen and oxygen atoms in total. The summed E-state index contributed by atoms with van der Waals surface area (Å²) in [6, 6.07) is 0. The molecule has 0 aromatic carbocycles. The Morgan fingerprint density at radius 1 is 1.05 bits per heavy atom. The lowest BCUT2D eigenvalue weighted by Crippen LogP contribution is -2.50. The molecule has 1 N–H and O–H groups in total. The van der Waals surface area contributed by atoms with Gasteiger partial charge in [0.2, 0.25) is 0 Å². The van der Waals surface area contributed by atoms with Crippen molar-refractivity contribution >= 4 is 6.29 Å². The van der Waals surface area contributed by atoms with Gasteiger partial charge in [-0.2, -0.15) is 0 Å². The number of hydrogen-bond acceptors (Lipinski definition) is 2. The Balaban J connectivity index is 1.75. The molecular formula is C20H32O2. The van der Waals surface area contributed by atoms with Crippen LogP contribution >= 0.6 is 0 Å². The van der Waals surface area contributed by atoms with Crippen molar-refractivity contribution in [1.29, 1.82) is 0 Å². The minimum Gasteiger partial charge on any atom is -0.389 e. The van der Waals surface area contributed by atoms with E-state index in [1.807, 2.05) is 6.92 Å². The molecule has 0 unspecified atom stereocenters. The van der Waals surface area contributed by atoms with E-state index in [2.05, 4.69) is 13.0 Å². The second kappa shape index (κ2) is 6.11. The van der Waals surface area contributed by atoms with Crippen molar-refractivity contribution < 1.29 is 9.90 Å².